The zero-order valence-electron chi connectivity index (χ0n) is 12.1. The van der Waals surface area contributed by atoms with Crippen LogP contribution >= 0.6 is 11.6 Å². The molecule has 0 atom stereocenters. The van der Waals surface area contributed by atoms with Gasteiger partial charge in [-0.3, -0.25) is 4.79 Å². The highest BCUT2D eigenvalue weighted by molar-refractivity contribution is 6.30. The van der Waals surface area contributed by atoms with Crippen LogP contribution in [0.5, 0.6) is 5.75 Å². The van der Waals surface area contributed by atoms with Crippen LogP contribution in [-0.4, -0.2) is 10.9 Å². The lowest BCUT2D eigenvalue weighted by molar-refractivity contribution is 0.104. The number of rotatable bonds is 4. The average molecular weight is 325 g/mol. The van der Waals surface area contributed by atoms with Crippen molar-refractivity contribution in [2.75, 3.05) is 0 Å². The van der Waals surface area contributed by atoms with E-state index >= 15 is 0 Å². The van der Waals surface area contributed by atoms with Crippen molar-refractivity contribution in [3.05, 3.63) is 83.1 Å². The Morgan fingerprint density at radius 2 is 1.65 bits per heavy atom. The number of carbonyl (C=O) groups is 1. The molecule has 0 aliphatic heterocycles. The van der Waals surface area contributed by atoms with Crippen molar-refractivity contribution in [1.82, 2.24) is 0 Å². The van der Waals surface area contributed by atoms with Gasteiger partial charge in [-0.2, -0.15) is 0 Å². The molecule has 1 N–H and O–H groups in total. The number of benzene rings is 2. The molecule has 1 heterocycles. The summed E-state index contributed by atoms with van der Waals surface area (Å²) in [6.07, 6.45) is 3.06. The maximum atomic E-state index is 12.0. The number of carbonyl (C=O) groups excluding carboxylic acids is 1. The highest BCUT2D eigenvalue weighted by Gasteiger charge is 2.05. The van der Waals surface area contributed by atoms with Crippen LogP contribution in [0.3, 0.4) is 0 Å². The molecule has 0 aliphatic rings. The number of aromatic hydroxyl groups is 1. The summed E-state index contributed by atoms with van der Waals surface area (Å²) < 4.78 is 5.69. The quantitative estimate of drug-likeness (QED) is 0.530. The van der Waals surface area contributed by atoms with Crippen LogP contribution in [0.15, 0.2) is 71.2 Å². The van der Waals surface area contributed by atoms with E-state index in [1.807, 2.05) is 18.2 Å². The number of allylic oxidation sites excluding steroid dienone is 1. The molecule has 0 saturated carbocycles. The summed E-state index contributed by atoms with van der Waals surface area (Å²) in [6, 6.07) is 17.1. The van der Waals surface area contributed by atoms with E-state index in [1.165, 1.54) is 18.2 Å². The molecular weight excluding hydrogens is 312 g/mol. The van der Waals surface area contributed by atoms with E-state index in [9.17, 15) is 9.90 Å². The molecule has 0 amide bonds. The number of furan rings is 1. The lowest BCUT2D eigenvalue weighted by Crippen LogP contribution is -1.92. The molecule has 23 heavy (non-hydrogen) atoms. The molecule has 3 rings (SSSR count). The van der Waals surface area contributed by atoms with Crippen LogP contribution in [0, 0.1) is 0 Å². The second-order valence-corrected chi connectivity index (χ2v) is 5.39. The minimum absolute atomic E-state index is 0.129. The van der Waals surface area contributed by atoms with E-state index in [4.69, 9.17) is 16.0 Å². The molecule has 3 aromatic rings. The van der Waals surface area contributed by atoms with Crippen molar-refractivity contribution in [1.29, 1.82) is 0 Å². The van der Waals surface area contributed by atoms with Crippen molar-refractivity contribution < 1.29 is 14.3 Å². The van der Waals surface area contributed by atoms with E-state index in [1.54, 1.807) is 36.4 Å². The van der Waals surface area contributed by atoms with E-state index < -0.39 is 0 Å². The molecule has 0 spiro atoms. The third kappa shape index (κ3) is 3.71. The predicted molar refractivity (Wildman–Crippen MR) is 90.6 cm³/mol. The van der Waals surface area contributed by atoms with Gasteiger partial charge in [-0.05, 0) is 72.8 Å². The minimum Gasteiger partial charge on any atom is -0.508 e. The SMILES string of the molecule is O=C(/C=C/c1ccc(-c2ccc(Cl)cc2)o1)c1ccc(O)cc1. The zero-order chi connectivity index (χ0) is 16.2. The highest BCUT2D eigenvalue weighted by Crippen LogP contribution is 2.24. The molecule has 114 valence electrons. The van der Waals surface area contributed by atoms with Crippen molar-refractivity contribution in [2.24, 2.45) is 0 Å². The van der Waals surface area contributed by atoms with Crippen LogP contribution in [0.4, 0.5) is 0 Å². The first-order valence-electron chi connectivity index (χ1n) is 6.99. The van der Waals surface area contributed by atoms with Crippen molar-refractivity contribution in [3.8, 4) is 17.1 Å². The molecule has 3 nitrogen and oxygen atoms in total. The monoisotopic (exact) mass is 324 g/mol. The summed E-state index contributed by atoms with van der Waals surface area (Å²) >= 11 is 5.86. The van der Waals surface area contributed by atoms with E-state index in [2.05, 4.69) is 0 Å². The second kappa shape index (κ2) is 6.55. The fraction of sp³-hybridized carbons (Fsp3) is 0. The van der Waals surface area contributed by atoms with Gasteiger partial charge in [0.1, 0.15) is 17.3 Å². The Bertz CT molecular complexity index is 843. The maximum Gasteiger partial charge on any atom is 0.185 e. The first kappa shape index (κ1) is 15.1. The van der Waals surface area contributed by atoms with Crippen molar-refractivity contribution in [3.63, 3.8) is 0 Å². The summed E-state index contributed by atoms with van der Waals surface area (Å²) in [6.45, 7) is 0. The first-order chi connectivity index (χ1) is 11.1. The van der Waals surface area contributed by atoms with Crippen molar-refractivity contribution in [2.45, 2.75) is 0 Å². The molecule has 1 aromatic heterocycles. The smallest absolute Gasteiger partial charge is 0.185 e. The predicted octanol–water partition coefficient (Wildman–Crippen LogP) is 5.20. The summed E-state index contributed by atoms with van der Waals surface area (Å²) in [7, 11) is 0. The third-order valence-corrected chi connectivity index (χ3v) is 3.56. The molecule has 0 saturated heterocycles. The maximum absolute atomic E-state index is 12.0. The van der Waals surface area contributed by atoms with Gasteiger partial charge in [0.2, 0.25) is 0 Å². The minimum atomic E-state index is -0.158. The van der Waals surface area contributed by atoms with E-state index in [-0.39, 0.29) is 11.5 Å². The molecule has 0 radical (unpaired) electrons. The third-order valence-electron chi connectivity index (χ3n) is 3.31. The number of phenols is 1. The lowest BCUT2D eigenvalue weighted by atomic mass is 10.1. The Hall–Kier alpha value is -2.78. The van der Waals surface area contributed by atoms with Gasteiger partial charge in [-0.1, -0.05) is 11.6 Å². The summed E-state index contributed by atoms with van der Waals surface area (Å²) in [4.78, 5) is 12.0. The molecule has 2 aromatic carbocycles. The number of hydrogen-bond donors (Lipinski definition) is 1. The van der Waals surface area contributed by atoms with Gasteiger partial charge >= 0.3 is 0 Å². The number of hydrogen-bond acceptors (Lipinski definition) is 3. The van der Waals surface area contributed by atoms with Gasteiger partial charge in [0.15, 0.2) is 5.78 Å². The highest BCUT2D eigenvalue weighted by atomic mass is 35.5. The van der Waals surface area contributed by atoms with Gasteiger partial charge in [0.25, 0.3) is 0 Å². The fourth-order valence-electron chi connectivity index (χ4n) is 2.09. The molecule has 0 fully saturated rings. The van der Waals surface area contributed by atoms with Crippen LogP contribution in [0.2, 0.25) is 5.02 Å². The van der Waals surface area contributed by atoms with Crippen molar-refractivity contribution >= 4 is 23.5 Å². The summed E-state index contributed by atoms with van der Waals surface area (Å²) in [5, 5.41) is 9.89. The summed E-state index contributed by atoms with van der Waals surface area (Å²) in [5.41, 5.74) is 1.42. The zero-order valence-corrected chi connectivity index (χ0v) is 12.8. The van der Waals surface area contributed by atoms with Gasteiger partial charge in [0, 0.05) is 16.1 Å². The van der Waals surface area contributed by atoms with E-state index in [0.29, 0.717) is 22.1 Å². The van der Waals surface area contributed by atoms with Gasteiger partial charge in [0.05, 0.1) is 0 Å². The van der Waals surface area contributed by atoms with Gasteiger partial charge < -0.3 is 9.52 Å². The molecule has 4 heteroatoms. The summed E-state index contributed by atoms with van der Waals surface area (Å²) in [5.74, 6) is 1.26. The Balaban J connectivity index is 1.74. The first-order valence-corrected chi connectivity index (χ1v) is 7.37. The number of ketones is 1. The molecular formula is C19H13ClO3. The van der Waals surface area contributed by atoms with Crippen LogP contribution in [-0.2, 0) is 0 Å². The number of halogens is 1. The van der Waals surface area contributed by atoms with Gasteiger partial charge in [-0.25, -0.2) is 0 Å². The van der Waals surface area contributed by atoms with E-state index in [0.717, 1.165) is 5.56 Å². The Labute approximate surface area is 138 Å². The molecule has 0 bridgehead atoms. The normalized spacial score (nSPS) is 11.0. The number of phenolic OH excluding ortho intramolecular Hbond substituents is 1. The topological polar surface area (TPSA) is 50.4 Å². The second-order valence-electron chi connectivity index (χ2n) is 4.95. The molecule has 0 aliphatic carbocycles. The standard InChI is InChI=1S/C19H13ClO3/c20-15-5-1-14(2-6-15)19-12-10-17(23-19)9-11-18(22)13-3-7-16(21)8-4-13/h1-12,21H/b11-9+. The van der Waals surface area contributed by atoms with Crippen LogP contribution in [0.1, 0.15) is 16.1 Å². The Morgan fingerprint density at radius 1 is 0.957 bits per heavy atom. The Morgan fingerprint density at radius 3 is 2.35 bits per heavy atom. The van der Waals surface area contributed by atoms with Crippen LogP contribution in [0.25, 0.3) is 17.4 Å². The molecule has 0 unspecified atom stereocenters. The van der Waals surface area contributed by atoms with Crippen LogP contribution < -0.4 is 0 Å². The average Bonchev–Trinajstić information content (AvgIpc) is 3.03. The largest absolute Gasteiger partial charge is 0.508 e. The fourth-order valence-corrected chi connectivity index (χ4v) is 2.22. The lowest BCUT2D eigenvalue weighted by Gasteiger charge is -1.97. The Kier molecular flexibility index (Phi) is 4.31. The van der Waals surface area contributed by atoms with Gasteiger partial charge in [-0.15, -0.1) is 0 Å².